The van der Waals surface area contributed by atoms with Crippen LogP contribution in [0.2, 0.25) is 0 Å². The molecular formula is C19H19N3O2. The first-order valence-corrected chi connectivity index (χ1v) is 7.79. The molecule has 0 saturated heterocycles. The van der Waals surface area contributed by atoms with E-state index in [-0.39, 0.29) is 5.54 Å². The van der Waals surface area contributed by atoms with Crippen molar-refractivity contribution in [1.82, 2.24) is 10.3 Å². The van der Waals surface area contributed by atoms with Crippen LogP contribution in [0, 0.1) is 0 Å². The summed E-state index contributed by atoms with van der Waals surface area (Å²) in [4.78, 5) is 28.4. The maximum absolute atomic E-state index is 12.3. The van der Waals surface area contributed by atoms with Gasteiger partial charge in [-0.3, -0.25) is 9.59 Å². The molecule has 0 unspecified atom stereocenters. The van der Waals surface area contributed by atoms with E-state index in [1.54, 1.807) is 24.4 Å². The molecule has 1 aromatic carbocycles. The highest BCUT2D eigenvalue weighted by Crippen LogP contribution is 2.29. The molecular weight excluding hydrogens is 302 g/mol. The van der Waals surface area contributed by atoms with E-state index in [0.29, 0.717) is 11.5 Å². The molecule has 0 bridgehead atoms. The molecule has 0 radical (unpaired) electrons. The standard InChI is InChI=1S/C19H19N3O2/c1-19(2)12-13-7-3-4-8-14(13)15(22-19)11-16(23)18(24)21-17-9-5-6-10-20-17/h3-11,22H,12H2,1-2H3,(H,20,21,24)/b15-11-. The third kappa shape index (κ3) is 3.51. The molecule has 5 heteroatoms. The number of hydrogen-bond acceptors (Lipinski definition) is 4. The highest BCUT2D eigenvalue weighted by Gasteiger charge is 2.28. The lowest BCUT2D eigenvalue weighted by Crippen LogP contribution is -2.44. The van der Waals surface area contributed by atoms with Crippen LogP contribution in [-0.2, 0) is 16.0 Å². The predicted octanol–water partition coefficient (Wildman–Crippen LogP) is 2.55. The highest BCUT2D eigenvalue weighted by atomic mass is 16.2. The average Bonchev–Trinajstić information content (AvgIpc) is 2.54. The molecule has 1 amide bonds. The Morgan fingerprint density at radius 2 is 1.92 bits per heavy atom. The molecule has 0 spiro atoms. The van der Waals surface area contributed by atoms with Gasteiger partial charge in [-0.1, -0.05) is 30.3 Å². The van der Waals surface area contributed by atoms with E-state index in [4.69, 9.17) is 0 Å². The number of ketones is 1. The molecule has 0 saturated carbocycles. The third-order valence-corrected chi connectivity index (χ3v) is 3.82. The lowest BCUT2D eigenvalue weighted by atomic mass is 9.85. The first kappa shape index (κ1) is 15.9. The molecule has 2 heterocycles. The number of nitrogens with one attached hydrogen (secondary N) is 2. The number of benzene rings is 1. The first-order valence-electron chi connectivity index (χ1n) is 7.79. The fourth-order valence-corrected chi connectivity index (χ4v) is 2.81. The Bertz CT molecular complexity index is 810. The van der Waals surface area contributed by atoms with E-state index in [9.17, 15) is 9.59 Å². The molecule has 5 nitrogen and oxygen atoms in total. The van der Waals surface area contributed by atoms with Gasteiger partial charge in [0.05, 0.1) is 0 Å². The summed E-state index contributed by atoms with van der Waals surface area (Å²) < 4.78 is 0. The Morgan fingerprint density at radius 1 is 1.17 bits per heavy atom. The van der Waals surface area contributed by atoms with Crippen LogP contribution in [0.5, 0.6) is 0 Å². The maximum atomic E-state index is 12.3. The number of amides is 1. The number of nitrogens with zero attached hydrogens (tertiary/aromatic N) is 1. The second kappa shape index (κ2) is 6.28. The van der Waals surface area contributed by atoms with Crippen LogP contribution in [0.1, 0.15) is 25.0 Å². The summed E-state index contributed by atoms with van der Waals surface area (Å²) >= 11 is 0. The summed E-state index contributed by atoms with van der Waals surface area (Å²) in [5.41, 5.74) is 2.60. The summed E-state index contributed by atoms with van der Waals surface area (Å²) in [6.45, 7) is 4.13. The number of anilines is 1. The van der Waals surface area contributed by atoms with Crippen molar-refractivity contribution in [1.29, 1.82) is 0 Å². The molecule has 0 aliphatic carbocycles. The van der Waals surface area contributed by atoms with Gasteiger partial charge in [-0.15, -0.1) is 0 Å². The van der Waals surface area contributed by atoms with Crippen molar-refractivity contribution >= 4 is 23.2 Å². The largest absolute Gasteiger partial charge is 0.379 e. The van der Waals surface area contributed by atoms with Crippen molar-refractivity contribution in [3.8, 4) is 0 Å². The fourth-order valence-electron chi connectivity index (χ4n) is 2.81. The predicted molar refractivity (Wildman–Crippen MR) is 93.2 cm³/mol. The second-order valence-corrected chi connectivity index (χ2v) is 6.43. The van der Waals surface area contributed by atoms with Gasteiger partial charge in [0.15, 0.2) is 0 Å². The lowest BCUT2D eigenvalue weighted by Gasteiger charge is -2.35. The quantitative estimate of drug-likeness (QED) is 0.673. The lowest BCUT2D eigenvalue weighted by molar-refractivity contribution is -0.131. The SMILES string of the molecule is CC1(C)Cc2ccccc2/C(=C/C(=O)C(=O)Nc2ccccn2)N1. The third-order valence-electron chi connectivity index (χ3n) is 3.82. The van der Waals surface area contributed by atoms with Crippen LogP contribution in [0.15, 0.2) is 54.7 Å². The van der Waals surface area contributed by atoms with Gasteiger partial charge in [0.2, 0.25) is 5.78 Å². The minimum absolute atomic E-state index is 0.183. The van der Waals surface area contributed by atoms with Crippen molar-refractivity contribution in [2.75, 3.05) is 5.32 Å². The zero-order valence-electron chi connectivity index (χ0n) is 13.7. The maximum Gasteiger partial charge on any atom is 0.297 e. The van der Waals surface area contributed by atoms with Crippen LogP contribution >= 0.6 is 0 Å². The van der Waals surface area contributed by atoms with E-state index in [1.165, 1.54) is 6.08 Å². The van der Waals surface area contributed by atoms with Gasteiger partial charge in [-0.25, -0.2) is 4.98 Å². The van der Waals surface area contributed by atoms with E-state index >= 15 is 0 Å². The fraction of sp³-hybridized carbons (Fsp3) is 0.211. The molecule has 0 fully saturated rings. The van der Waals surface area contributed by atoms with Crippen molar-refractivity contribution in [2.24, 2.45) is 0 Å². The summed E-state index contributed by atoms with van der Waals surface area (Å²) in [6, 6.07) is 13.0. The minimum atomic E-state index is -0.705. The smallest absolute Gasteiger partial charge is 0.297 e. The number of hydrogen-bond donors (Lipinski definition) is 2. The number of aromatic nitrogens is 1. The molecule has 24 heavy (non-hydrogen) atoms. The van der Waals surface area contributed by atoms with E-state index < -0.39 is 11.7 Å². The number of rotatable bonds is 3. The number of pyridine rings is 1. The Balaban J connectivity index is 1.85. The van der Waals surface area contributed by atoms with Gasteiger partial charge >= 0.3 is 0 Å². The van der Waals surface area contributed by atoms with Crippen molar-refractivity contribution in [3.05, 3.63) is 65.9 Å². The molecule has 1 aliphatic rings. The Morgan fingerprint density at radius 3 is 2.67 bits per heavy atom. The Hall–Kier alpha value is -2.95. The first-order chi connectivity index (χ1) is 11.4. The number of carbonyl (C=O) groups excluding carboxylic acids is 2. The number of carbonyl (C=O) groups is 2. The molecule has 0 atom stereocenters. The Labute approximate surface area is 140 Å². The van der Waals surface area contributed by atoms with Crippen molar-refractivity contribution < 1.29 is 9.59 Å². The summed E-state index contributed by atoms with van der Waals surface area (Å²) in [7, 11) is 0. The van der Waals surface area contributed by atoms with Crippen LogP contribution in [0.25, 0.3) is 5.70 Å². The summed E-state index contributed by atoms with van der Waals surface area (Å²) in [5.74, 6) is -0.967. The van der Waals surface area contributed by atoms with Crippen LogP contribution in [0.3, 0.4) is 0 Å². The van der Waals surface area contributed by atoms with Crippen LogP contribution in [0.4, 0.5) is 5.82 Å². The van der Waals surface area contributed by atoms with Crippen LogP contribution < -0.4 is 10.6 Å². The van der Waals surface area contributed by atoms with Gasteiger partial charge in [0, 0.05) is 29.1 Å². The van der Waals surface area contributed by atoms with E-state index in [0.717, 1.165) is 17.5 Å². The van der Waals surface area contributed by atoms with Gasteiger partial charge < -0.3 is 10.6 Å². The zero-order chi connectivity index (χ0) is 17.2. The van der Waals surface area contributed by atoms with Gasteiger partial charge in [0.25, 0.3) is 5.91 Å². The van der Waals surface area contributed by atoms with E-state index in [2.05, 4.69) is 29.5 Å². The molecule has 1 aromatic heterocycles. The zero-order valence-corrected chi connectivity index (χ0v) is 13.7. The van der Waals surface area contributed by atoms with Gasteiger partial charge in [-0.05, 0) is 38.0 Å². The van der Waals surface area contributed by atoms with E-state index in [1.807, 2.05) is 24.3 Å². The van der Waals surface area contributed by atoms with Crippen molar-refractivity contribution in [3.63, 3.8) is 0 Å². The highest BCUT2D eigenvalue weighted by molar-refractivity contribution is 6.45. The number of fused-ring (bicyclic) bond motifs is 1. The topological polar surface area (TPSA) is 71.1 Å². The normalized spacial score (nSPS) is 16.8. The summed E-state index contributed by atoms with van der Waals surface area (Å²) in [6.07, 6.45) is 3.77. The van der Waals surface area contributed by atoms with Gasteiger partial charge in [0.1, 0.15) is 5.82 Å². The Kier molecular flexibility index (Phi) is 4.16. The molecule has 2 aromatic rings. The molecule has 3 rings (SSSR count). The monoisotopic (exact) mass is 321 g/mol. The van der Waals surface area contributed by atoms with Crippen molar-refractivity contribution in [2.45, 2.75) is 25.8 Å². The minimum Gasteiger partial charge on any atom is -0.379 e. The van der Waals surface area contributed by atoms with Gasteiger partial charge in [-0.2, -0.15) is 0 Å². The molecule has 122 valence electrons. The molecule has 2 N–H and O–H groups in total. The average molecular weight is 321 g/mol. The summed E-state index contributed by atoms with van der Waals surface area (Å²) in [5, 5.41) is 5.85. The van der Waals surface area contributed by atoms with Crippen LogP contribution in [-0.4, -0.2) is 22.2 Å². The second-order valence-electron chi connectivity index (χ2n) is 6.43. The molecule has 1 aliphatic heterocycles.